The zero-order valence-corrected chi connectivity index (χ0v) is 21.0. The van der Waals surface area contributed by atoms with Gasteiger partial charge in [-0.25, -0.2) is 22.8 Å². The Bertz CT molecular complexity index is 1000. The predicted octanol–water partition coefficient (Wildman–Crippen LogP) is -0.617. The first kappa shape index (κ1) is 32.8. The maximum atomic E-state index is 13.8. The third-order valence-electron chi connectivity index (χ3n) is 5.14. The molecule has 0 bridgehead atoms. The Morgan fingerprint density at radius 1 is 1.08 bits per heavy atom. The van der Waals surface area contributed by atoms with Crippen LogP contribution in [0.5, 0.6) is 0 Å². The largest absolute Gasteiger partial charge is 0.479 e. The minimum atomic E-state index is -2.27. The van der Waals surface area contributed by atoms with Gasteiger partial charge in [-0.2, -0.15) is 0 Å². The summed E-state index contributed by atoms with van der Waals surface area (Å²) >= 11 is 0. The van der Waals surface area contributed by atoms with Gasteiger partial charge in [0.05, 0.1) is 12.2 Å². The lowest BCUT2D eigenvalue weighted by molar-refractivity contribution is -0.165. The molecule has 214 valence electrons. The minimum absolute atomic E-state index is 0.0358. The van der Waals surface area contributed by atoms with E-state index in [1.54, 1.807) is 0 Å². The van der Waals surface area contributed by atoms with Crippen molar-refractivity contribution in [1.82, 2.24) is 10.2 Å². The summed E-state index contributed by atoms with van der Waals surface area (Å²) in [6.07, 6.45) is -4.84. The molecular weight excluding hydrogens is 519 g/mol. The normalized spacial score (nSPS) is 18.0. The van der Waals surface area contributed by atoms with Crippen LogP contribution in [0.3, 0.4) is 0 Å². The molecule has 3 unspecified atom stereocenters. The molecule has 0 aliphatic carbocycles. The standard InChI is InChI=1S/C19H26F3N3O3.C4H6O6/c1-19(2,3)28-10-16-18(27)24-4-5-25(16)17(26)8-12(23)6-11-7-14(21)15(22)9-13(11)20;5-1(3(7)8)2(6)4(9)10/h7,9,12,16H,4-6,8,10,23H2,1-3H3,(H,24,27);1-2,5-6H,(H,7,8)(H,9,10)/t12-,16?;/m1./s1. The molecule has 0 aromatic heterocycles. The number of aliphatic hydroxyl groups is 2. The van der Waals surface area contributed by atoms with Gasteiger partial charge in [0, 0.05) is 31.6 Å². The first-order valence-electron chi connectivity index (χ1n) is 11.4. The quantitative estimate of drug-likeness (QED) is 0.215. The summed E-state index contributed by atoms with van der Waals surface area (Å²) in [5.41, 5.74) is 5.34. The van der Waals surface area contributed by atoms with Gasteiger partial charge in [0.25, 0.3) is 0 Å². The predicted molar refractivity (Wildman–Crippen MR) is 124 cm³/mol. The fourth-order valence-electron chi connectivity index (χ4n) is 3.19. The molecule has 1 heterocycles. The molecule has 0 saturated carbocycles. The number of ether oxygens (including phenoxy) is 1. The van der Waals surface area contributed by atoms with Crippen LogP contribution in [0.2, 0.25) is 0 Å². The Morgan fingerprint density at radius 3 is 2.11 bits per heavy atom. The number of aliphatic carboxylic acids is 2. The van der Waals surface area contributed by atoms with Gasteiger partial charge in [0.2, 0.25) is 11.8 Å². The summed E-state index contributed by atoms with van der Waals surface area (Å²) in [6.45, 7) is 6.16. The number of benzene rings is 1. The second-order valence-electron chi connectivity index (χ2n) is 9.41. The van der Waals surface area contributed by atoms with Crippen molar-refractivity contribution >= 4 is 23.8 Å². The van der Waals surface area contributed by atoms with E-state index in [9.17, 15) is 32.3 Å². The van der Waals surface area contributed by atoms with E-state index in [1.165, 1.54) is 4.90 Å². The number of piperazine rings is 1. The number of nitrogens with one attached hydrogen (secondary N) is 1. The number of rotatable bonds is 9. The van der Waals surface area contributed by atoms with Gasteiger partial charge in [0.15, 0.2) is 23.8 Å². The van der Waals surface area contributed by atoms with Crippen molar-refractivity contribution in [2.45, 2.75) is 63.5 Å². The number of nitrogens with two attached hydrogens (primary N) is 1. The second kappa shape index (κ2) is 14.0. The summed E-state index contributed by atoms with van der Waals surface area (Å²) in [4.78, 5) is 45.8. The minimum Gasteiger partial charge on any atom is -0.479 e. The molecule has 2 rings (SSSR count). The Morgan fingerprint density at radius 2 is 1.61 bits per heavy atom. The summed E-state index contributed by atoms with van der Waals surface area (Å²) in [5.74, 6) is -7.62. The molecule has 1 fully saturated rings. The molecule has 1 aromatic carbocycles. The van der Waals surface area contributed by atoms with Crippen LogP contribution in [0.1, 0.15) is 32.8 Å². The number of aliphatic hydroxyl groups excluding tert-OH is 2. The average molecular weight is 552 g/mol. The molecule has 7 N–H and O–H groups in total. The first-order chi connectivity index (χ1) is 17.4. The van der Waals surface area contributed by atoms with Crippen molar-refractivity contribution in [2.24, 2.45) is 5.73 Å². The fourth-order valence-corrected chi connectivity index (χ4v) is 3.19. The average Bonchev–Trinajstić information content (AvgIpc) is 2.80. The number of halogens is 3. The topological polar surface area (TPSA) is 200 Å². The van der Waals surface area contributed by atoms with Crippen LogP contribution in [-0.4, -0.2) is 98.7 Å². The summed E-state index contributed by atoms with van der Waals surface area (Å²) in [6, 6.07) is -0.411. The zero-order valence-electron chi connectivity index (χ0n) is 21.0. The van der Waals surface area contributed by atoms with E-state index in [1.807, 2.05) is 20.8 Å². The SMILES string of the molecule is CC(C)(C)OCC1C(=O)NCCN1C(=O)C[C@H](N)Cc1cc(F)c(F)cc1F.O=C(O)C(O)C(O)C(=O)O. The highest BCUT2D eigenvalue weighted by Crippen LogP contribution is 2.17. The number of carboxylic acid groups (broad SMARTS) is 2. The van der Waals surface area contributed by atoms with Crippen LogP contribution in [0, 0.1) is 17.5 Å². The van der Waals surface area contributed by atoms with Crippen LogP contribution in [0.15, 0.2) is 12.1 Å². The summed E-state index contributed by atoms with van der Waals surface area (Å²) < 4.78 is 45.8. The van der Waals surface area contributed by atoms with Crippen molar-refractivity contribution in [1.29, 1.82) is 0 Å². The van der Waals surface area contributed by atoms with Crippen molar-refractivity contribution < 1.29 is 57.5 Å². The van der Waals surface area contributed by atoms with Crippen LogP contribution >= 0.6 is 0 Å². The maximum Gasteiger partial charge on any atom is 0.335 e. The van der Waals surface area contributed by atoms with Crippen LogP contribution in [-0.2, 0) is 30.3 Å². The molecule has 4 atom stereocenters. The molecule has 15 heteroatoms. The lowest BCUT2D eigenvalue weighted by Gasteiger charge is -2.36. The lowest BCUT2D eigenvalue weighted by Crippen LogP contribution is -2.60. The molecule has 38 heavy (non-hydrogen) atoms. The number of carbonyl (C=O) groups excluding carboxylic acids is 2. The highest BCUT2D eigenvalue weighted by molar-refractivity contribution is 5.89. The van der Waals surface area contributed by atoms with Crippen molar-refractivity contribution in [3.8, 4) is 0 Å². The number of carbonyl (C=O) groups is 4. The Kier molecular flexibility index (Phi) is 12.1. The number of hydrogen-bond donors (Lipinski definition) is 6. The van der Waals surface area contributed by atoms with Gasteiger partial charge in [-0.15, -0.1) is 0 Å². The van der Waals surface area contributed by atoms with E-state index >= 15 is 0 Å². The van der Waals surface area contributed by atoms with Gasteiger partial charge in [-0.1, -0.05) is 0 Å². The van der Waals surface area contributed by atoms with Crippen LogP contribution in [0.4, 0.5) is 13.2 Å². The monoisotopic (exact) mass is 551 g/mol. The van der Waals surface area contributed by atoms with E-state index in [0.29, 0.717) is 19.2 Å². The molecule has 0 spiro atoms. The number of amides is 2. The molecule has 1 aliphatic heterocycles. The van der Waals surface area contributed by atoms with E-state index < -0.39 is 59.3 Å². The Labute approximate surface area is 216 Å². The molecule has 1 aliphatic rings. The van der Waals surface area contributed by atoms with Crippen molar-refractivity contribution in [3.63, 3.8) is 0 Å². The van der Waals surface area contributed by atoms with E-state index in [2.05, 4.69) is 5.32 Å². The lowest BCUT2D eigenvalue weighted by atomic mass is 10.0. The molecule has 1 saturated heterocycles. The fraction of sp³-hybridized carbons (Fsp3) is 0.565. The Balaban J connectivity index is 0.000000612. The van der Waals surface area contributed by atoms with Crippen LogP contribution < -0.4 is 11.1 Å². The highest BCUT2D eigenvalue weighted by Gasteiger charge is 2.35. The van der Waals surface area contributed by atoms with Gasteiger partial charge in [0.1, 0.15) is 11.9 Å². The molecule has 2 amide bonds. The molecule has 12 nitrogen and oxygen atoms in total. The van der Waals surface area contributed by atoms with E-state index in [-0.39, 0.29) is 36.8 Å². The van der Waals surface area contributed by atoms with Crippen molar-refractivity contribution in [3.05, 3.63) is 35.1 Å². The van der Waals surface area contributed by atoms with Gasteiger partial charge >= 0.3 is 11.9 Å². The van der Waals surface area contributed by atoms with Gasteiger partial charge in [-0.3, -0.25) is 9.59 Å². The Hall–Kier alpha value is -3.27. The van der Waals surface area contributed by atoms with Gasteiger partial charge < -0.3 is 41.1 Å². The maximum absolute atomic E-state index is 13.8. The van der Waals surface area contributed by atoms with Crippen LogP contribution in [0.25, 0.3) is 0 Å². The molecular formula is C23H32F3N3O9. The third kappa shape index (κ3) is 10.2. The zero-order chi connectivity index (χ0) is 29.4. The number of hydrogen-bond acceptors (Lipinski definition) is 8. The van der Waals surface area contributed by atoms with Gasteiger partial charge in [-0.05, 0) is 38.8 Å². The smallest absolute Gasteiger partial charge is 0.335 e. The highest BCUT2D eigenvalue weighted by atomic mass is 19.2. The second-order valence-corrected chi connectivity index (χ2v) is 9.41. The van der Waals surface area contributed by atoms with Crippen molar-refractivity contribution in [2.75, 3.05) is 19.7 Å². The summed E-state index contributed by atoms with van der Waals surface area (Å²) in [5, 5.41) is 35.2. The summed E-state index contributed by atoms with van der Waals surface area (Å²) in [7, 11) is 0. The molecule has 0 radical (unpaired) electrons. The number of carboxylic acids is 2. The molecule has 1 aromatic rings. The van der Waals surface area contributed by atoms with E-state index in [4.69, 9.17) is 30.9 Å². The third-order valence-corrected chi connectivity index (χ3v) is 5.14. The van der Waals surface area contributed by atoms with E-state index in [0.717, 1.165) is 6.07 Å². The number of nitrogens with zero attached hydrogens (tertiary/aromatic N) is 1. The first-order valence-corrected chi connectivity index (χ1v) is 11.4.